The van der Waals surface area contributed by atoms with Gasteiger partial charge in [0.2, 0.25) is 0 Å². The van der Waals surface area contributed by atoms with Crippen LogP contribution in [0.3, 0.4) is 0 Å². The summed E-state index contributed by atoms with van der Waals surface area (Å²) in [5.41, 5.74) is 13.6. The van der Waals surface area contributed by atoms with Crippen molar-refractivity contribution in [1.82, 2.24) is 0 Å². The summed E-state index contributed by atoms with van der Waals surface area (Å²) in [6.45, 7) is 2.08. The highest BCUT2D eigenvalue weighted by molar-refractivity contribution is 9.11. The highest BCUT2D eigenvalue weighted by atomic mass is 79.9. The number of nitriles is 1. The van der Waals surface area contributed by atoms with Gasteiger partial charge in [-0.1, -0.05) is 94.4 Å². The standard InChI is InChI=1S/C11H7BrCl2N2S.C7H8.C6H5Cl2N.C5H2BrNS.3CH3.Al/c12-9-5-4-8(17-9)11(15)16-10-6(13)2-1-3-7(10)14;1-7-5-3-2-4-6-7;7-4-2-1-3-5(8)6(4)9;6-5-2-1-4(3-7)8-5;;;;/h1-5H,(H2,15,16);2-6H,1H3;1-3H,9H2;1-2H;3*1H3;. The van der Waals surface area contributed by atoms with Crippen LogP contribution in [0.1, 0.15) is 15.3 Å². The molecule has 0 radical (unpaired) electrons. The maximum atomic E-state index is 8.29. The second-order valence-corrected chi connectivity index (χ2v) is 19.4. The van der Waals surface area contributed by atoms with Gasteiger partial charge in [-0.2, -0.15) is 5.26 Å². The lowest BCUT2D eigenvalue weighted by Gasteiger charge is -2.02. The fourth-order valence-electron chi connectivity index (χ4n) is 2.64. The maximum absolute atomic E-state index is 8.29. The number of aliphatic imine (C=N–C) groups is 1. The molecule has 0 atom stereocenters. The van der Waals surface area contributed by atoms with Crippen molar-refractivity contribution in [3.05, 3.63) is 134 Å². The summed E-state index contributed by atoms with van der Waals surface area (Å²) in [6.07, 6.45) is 0. The highest BCUT2D eigenvalue weighted by Crippen LogP contribution is 2.33. The molecule has 0 saturated carbocycles. The third-order valence-electron chi connectivity index (χ3n) is 4.62. The molecule has 0 unspecified atom stereocenters. The van der Waals surface area contributed by atoms with E-state index in [1.165, 1.54) is 28.2 Å². The minimum Gasteiger partial charge on any atom is -0.396 e. The zero-order chi connectivity index (χ0) is 33.9. The fourth-order valence-corrected chi connectivity index (χ4v) is 5.99. The predicted octanol–water partition coefficient (Wildman–Crippen LogP) is 13.2. The van der Waals surface area contributed by atoms with E-state index >= 15 is 0 Å². The lowest BCUT2D eigenvalue weighted by atomic mass is 10.2. The monoisotopic (exact) mass is 860 g/mol. The van der Waals surface area contributed by atoms with Crippen LogP contribution >= 0.6 is 101 Å². The first-order chi connectivity index (χ1) is 21.2. The van der Waals surface area contributed by atoms with Crippen LogP contribution in [0.5, 0.6) is 0 Å². The van der Waals surface area contributed by atoms with Crippen LogP contribution in [0.2, 0.25) is 37.4 Å². The van der Waals surface area contributed by atoms with Crippen LogP contribution < -0.4 is 11.5 Å². The van der Waals surface area contributed by atoms with Gasteiger partial charge in [0, 0.05) is 0 Å². The van der Waals surface area contributed by atoms with Gasteiger partial charge >= 0.3 is 0 Å². The molecule has 2 aromatic heterocycles. The van der Waals surface area contributed by atoms with E-state index < -0.39 is 0 Å². The van der Waals surface area contributed by atoms with Gasteiger partial charge in [0.05, 0.1) is 38.2 Å². The number of benzene rings is 3. The van der Waals surface area contributed by atoms with Crippen molar-refractivity contribution in [2.45, 2.75) is 24.3 Å². The third-order valence-corrected chi connectivity index (χ3v) is 9.06. The Morgan fingerprint density at radius 2 is 1.20 bits per heavy atom. The molecule has 0 aliphatic rings. The molecule has 3 aromatic carbocycles. The minimum absolute atomic E-state index is 0.139. The molecular weight excluding hydrogens is 833 g/mol. The lowest BCUT2D eigenvalue weighted by Crippen LogP contribution is -2.10. The van der Waals surface area contributed by atoms with Gasteiger partial charge < -0.3 is 11.5 Å². The summed E-state index contributed by atoms with van der Waals surface area (Å²) >= 11 is 32.7. The van der Waals surface area contributed by atoms with E-state index in [-0.39, 0.29) is 14.1 Å². The largest absolute Gasteiger partial charge is 0.396 e. The van der Waals surface area contributed by atoms with Crippen LogP contribution in [0.25, 0.3) is 0 Å². The molecule has 5 rings (SSSR count). The Hall–Kier alpha value is -1.53. The number of halogens is 6. The van der Waals surface area contributed by atoms with E-state index in [1.807, 2.05) is 42.5 Å². The van der Waals surface area contributed by atoms with Crippen molar-refractivity contribution in [3.63, 3.8) is 0 Å². The molecule has 13 heteroatoms. The molecule has 0 fully saturated rings. The van der Waals surface area contributed by atoms with Gasteiger partial charge in [0.15, 0.2) is 0 Å². The van der Waals surface area contributed by atoms with Gasteiger partial charge in [0.1, 0.15) is 22.5 Å². The van der Waals surface area contributed by atoms with Gasteiger partial charge in [-0.3, -0.25) is 0 Å². The number of thiophene rings is 2. The van der Waals surface area contributed by atoms with Crippen LogP contribution in [0.15, 0.2) is 104 Å². The number of nitrogen functional groups attached to an aromatic ring is 1. The number of nitrogens with two attached hydrogens (primary N) is 2. The Morgan fingerprint density at radius 3 is 1.53 bits per heavy atom. The van der Waals surface area contributed by atoms with Gasteiger partial charge in [-0.05, 0) is 87.3 Å². The summed E-state index contributed by atoms with van der Waals surface area (Å²) in [5.74, 6) is 7.32. The number of anilines is 1. The second-order valence-electron chi connectivity index (χ2n) is 9.41. The first kappa shape index (κ1) is 41.5. The van der Waals surface area contributed by atoms with Crippen LogP contribution in [0.4, 0.5) is 11.4 Å². The Kier molecular flexibility index (Phi) is 21.1. The predicted molar refractivity (Wildman–Crippen MR) is 211 cm³/mol. The van der Waals surface area contributed by atoms with E-state index in [9.17, 15) is 0 Å². The van der Waals surface area contributed by atoms with Crippen molar-refractivity contribution in [3.8, 4) is 6.07 Å². The number of rotatable bonds is 2. The molecule has 0 bridgehead atoms. The highest BCUT2D eigenvalue weighted by Gasteiger charge is 2.07. The van der Waals surface area contributed by atoms with Crippen LogP contribution in [0, 0.1) is 18.3 Å². The summed E-state index contributed by atoms with van der Waals surface area (Å²) in [5, 5.41) is 10.3. The molecule has 2 heterocycles. The topological polar surface area (TPSA) is 88.2 Å². The normalized spacial score (nSPS) is 9.84. The number of para-hydroxylation sites is 2. The number of hydrogen-bond acceptors (Lipinski definition) is 5. The fraction of sp³-hybridized carbons (Fsp3) is 0.125. The van der Waals surface area contributed by atoms with Crippen molar-refractivity contribution in [1.29, 1.82) is 5.26 Å². The molecule has 0 saturated heterocycles. The quantitative estimate of drug-likeness (QED) is 0.0802. The number of nitrogens with zero attached hydrogens (tertiary/aromatic N) is 2. The molecule has 0 aliphatic heterocycles. The number of amidine groups is 1. The second kappa shape index (κ2) is 22.9. The molecule has 236 valence electrons. The smallest absolute Gasteiger partial charge is 0.251 e. The molecule has 4 nitrogen and oxygen atoms in total. The zero-order valence-corrected chi connectivity index (χ0v) is 33.9. The van der Waals surface area contributed by atoms with E-state index in [4.69, 9.17) is 63.1 Å². The van der Waals surface area contributed by atoms with E-state index in [2.05, 4.69) is 73.3 Å². The van der Waals surface area contributed by atoms with Crippen LogP contribution in [-0.4, -0.2) is 20.0 Å². The van der Waals surface area contributed by atoms with Crippen molar-refractivity contribution in [2.24, 2.45) is 10.7 Å². The maximum Gasteiger partial charge on any atom is 0.251 e. The lowest BCUT2D eigenvalue weighted by molar-refractivity contribution is 1.47. The average molecular weight is 864 g/mol. The van der Waals surface area contributed by atoms with E-state index in [0.717, 1.165) is 17.3 Å². The molecule has 0 aliphatic carbocycles. The van der Waals surface area contributed by atoms with Crippen molar-refractivity contribution >= 4 is 132 Å². The molecule has 45 heavy (non-hydrogen) atoms. The Balaban J connectivity index is 0.000000307. The third kappa shape index (κ3) is 17.8. The van der Waals surface area contributed by atoms with Crippen LogP contribution in [-0.2, 0) is 0 Å². The summed E-state index contributed by atoms with van der Waals surface area (Å²) in [7, 11) is 0. The van der Waals surface area contributed by atoms with E-state index in [0.29, 0.717) is 37.3 Å². The molecule has 4 N–H and O–H groups in total. The number of aryl methyl sites for hydroxylation is 1. The van der Waals surface area contributed by atoms with Crippen molar-refractivity contribution < 1.29 is 0 Å². The Labute approximate surface area is 315 Å². The van der Waals surface area contributed by atoms with Gasteiger partial charge in [-0.25, -0.2) is 4.99 Å². The minimum atomic E-state index is -0.139. The van der Waals surface area contributed by atoms with E-state index in [1.54, 1.807) is 42.5 Å². The number of hydrogen-bond donors (Lipinski definition) is 2. The molecule has 0 spiro atoms. The Morgan fingerprint density at radius 1 is 0.733 bits per heavy atom. The molecule has 0 amide bonds. The first-order valence-corrected chi connectivity index (χ1v) is 21.3. The summed E-state index contributed by atoms with van der Waals surface area (Å²) < 4.78 is 2.00. The molecular formula is C32H31AlBr2Cl4N4S2. The first-order valence-electron chi connectivity index (χ1n) is 13.2. The van der Waals surface area contributed by atoms with Gasteiger partial charge in [0.25, 0.3) is 14.1 Å². The zero-order valence-electron chi connectivity index (χ0n) is 24.9. The SMILES string of the molecule is Cc1ccccc1.N#Cc1ccc(Br)s1.NC(=Nc1c(Cl)cccc1Cl)c1ccc(Br)s1.Nc1c(Cl)cccc1Cl.[CH3][Al]([CH3])[CH3]. The summed E-state index contributed by atoms with van der Waals surface area (Å²) in [6, 6.07) is 30.1. The Bertz CT molecular complexity index is 1630. The van der Waals surface area contributed by atoms with Gasteiger partial charge in [-0.15, -0.1) is 40.0 Å². The van der Waals surface area contributed by atoms with Crippen molar-refractivity contribution in [2.75, 3.05) is 5.73 Å². The summed E-state index contributed by atoms with van der Waals surface area (Å²) in [4.78, 5) is 5.88. The average Bonchev–Trinajstić information content (AvgIpc) is 3.62. The molecule has 5 aromatic rings.